The first kappa shape index (κ1) is 10.8. The normalized spacial score (nSPS) is 28.5. The summed E-state index contributed by atoms with van der Waals surface area (Å²) >= 11 is 1.13. The summed E-state index contributed by atoms with van der Waals surface area (Å²) in [5.74, 6) is 0.421. The van der Waals surface area contributed by atoms with Gasteiger partial charge in [0.25, 0.3) is 5.24 Å². The van der Waals surface area contributed by atoms with E-state index in [1.165, 1.54) is 0 Å². The molecule has 2 aliphatic rings. The van der Waals surface area contributed by atoms with Crippen LogP contribution in [0, 0.1) is 0 Å². The molecule has 0 aromatic rings. The van der Waals surface area contributed by atoms with Gasteiger partial charge in [0.2, 0.25) is 5.91 Å². The minimum Gasteiger partial charge on any atom is -0.386 e. The van der Waals surface area contributed by atoms with Crippen LogP contribution < -0.4 is 5.32 Å². The Balaban J connectivity index is 1.86. The Hall–Kier alpha value is -0.750. The molecule has 84 valence electrons. The third-order valence-electron chi connectivity index (χ3n) is 2.91. The molecule has 0 aromatic carbocycles. The van der Waals surface area contributed by atoms with Gasteiger partial charge in [0.1, 0.15) is 6.04 Å². The fourth-order valence-corrected chi connectivity index (χ4v) is 2.55. The number of hydrogen-bond donors (Lipinski definition) is 2. The number of nitrogens with one attached hydrogen (secondary N) is 1. The summed E-state index contributed by atoms with van der Waals surface area (Å²) in [7, 11) is 0. The lowest BCUT2D eigenvalue weighted by Gasteiger charge is -2.46. The maximum atomic E-state index is 11.8. The van der Waals surface area contributed by atoms with Crippen LogP contribution in [0.5, 0.6) is 0 Å². The SMILES string of the molecule is CCC1(O)CN(C(=O)C2CSC(=O)N2)C1. The molecule has 0 bridgehead atoms. The highest BCUT2D eigenvalue weighted by atomic mass is 32.2. The molecule has 2 amide bonds. The summed E-state index contributed by atoms with van der Waals surface area (Å²) in [4.78, 5) is 24.3. The molecule has 6 heteroatoms. The van der Waals surface area contributed by atoms with Gasteiger partial charge in [-0.3, -0.25) is 9.59 Å². The standard InChI is InChI=1S/C9H14N2O3S/c1-2-9(14)4-11(5-9)7(12)6-3-15-8(13)10-6/h6,14H,2-5H2,1H3,(H,10,13). The van der Waals surface area contributed by atoms with E-state index >= 15 is 0 Å². The molecule has 0 radical (unpaired) electrons. The molecule has 2 N–H and O–H groups in total. The average Bonchev–Trinajstić information content (AvgIpc) is 2.59. The van der Waals surface area contributed by atoms with Gasteiger partial charge < -0.3 is 15.3 Å². The number of likely N-dealkylation sites (tertiary alicyclic amines) is 1. The zero-order valence-corrected chi connectivity index (χ0v) is 9.34. The molecular formula is C9H14N2O3S. The van der Waals surface area contributed by atoms with Crippen LogP contribution in [0.2, 0.25) is 0 Å². The number of hydrogen-bond acceptors (Lipinski definition) is 4. The number of carbonyl (C=O) groups excluding carboxylic acids is 2. The fourth-order valence-electron chi connectivity index (χ4n) is 1.78. The number of amides is 2. The fraction of sp³-hybridized carbons (Fsp3) is 0.778. The molecule has 15 heavy (non-hydrogen) atoms. The van der Waals surface area contributed by atoms with Crippen molar-refractivity contribution in [3.63, 3.8) is 0 Å². The van der Waals surface area contributed by atoms with Gasteiger partial charge in [-0.1, -0.05) is 18.7 Å². The van der Waals surface area contributed by atoms with Gasteiger partial charge in [-0.25, -0.2) is 0 Å². The van der Waals surface area contributed by atoms with Crippen molar-refractivity contribution in [3.05, 3.63) is 0 Å². The Kier molecular flexibility index (Phi) is 2.64. The third-order valence-corrected chi connectivity index (χ3v) is 3.79. The molecule has 5 nitrogen and oxygen atoms in total. The maximum absolute atomic E-state index is 11.8. The predicted octanol–water partition coefficient (Wildman–Crippen LogP) is -0.205. The molecule has 1 unspecified atom stereocenters. The lowest BCUT2D eigenvalue weighted by atomic mass is 9.91. The number of nitrogens with zero attached hydrogens (tertiary/aromatic N) is 1. The first-order valence-corrected chi connectivity index (χ1v) is 5.97. The van der Waals surface area contributed by atoms with Crippen molar-refractivity contribution in [2.75, 3.05) is 18.8 Å². The molecule has 0 aromatic heterocycles. The van der Waals surface area contributed by atoms with E-state index in [4.69, 9.17) is 0 Å². The highest BCUT2D eigenvalue weighted by Gasteiger charge is 2.44. The van der Waals surface area contributed by atoms with Gasteiger partial charge in [-0.05, 0) is 6.42 Å². The predicted molar refractivity (Wildman–Crippen MR) is 56.6 cm³/mol. The Morgan fingerprint density at radius 1 is 1.73 bits per heavy atom. The van der Waals surface area contributed by atoms with Crippen LogP contribution in [0.3, 0.4) is 0 Å². The van der Waals surface area contributed by atoms with Crippen molar-refractivity contribution in [3.8, 4) is 0 Å². The average molecular weight is 230 g/mol. The monoisotopic (exact) mass is 230 g/mol. The summed E-state index contributed by atoms with van der Waals surface area (Å²) in [5, 5.41) is 12.2. The summed E-state index contributed by atoms with van der Waals surface area (Å²) < 4.78 is 0. The van der Waals surface area contributed by atoms with E-state index in [2.05, 4.69) is 5.32 Å². The minimum absolute atomic E-state index is 0.0773. The maximum Gasteiger partial charge on any atom is 0.279 e. The number of thioether (sulfide) groups is 1. The molecule has 0 spiro atoms. The number of aliphatic hydroxyl groups is 1. The molecular weight excluding hydrogens is 216 g/mol. The van der Waals surface area contributed by atoms with Gasteiger partial charge >= 0.3 is 0 Å². The summed E-state index contributed by atoms with van der Waals surface area (Å²) in [6, 6.07) is -0.399. The Morgan fingerprint density at radius 2 is 2.40 bits per heavy atom. The second-order valence-corrected chi connectivity index (χ2v) is 5.06. The topological polar surface area (TPSA) is 69.6 Å². The lowest BCUT2D eigenvalue weighted by Crippen LogP contribution is -2.65. The molecule has 2 saturated heterocycles. The van der Waals surface area contributed by atoms with Crippen molar-refractivity contribution >= 4 is 22.9 Å². The zero-order valence-electron chi connectivity index (χ0n) is 8.52. The summed E-state index contributed by atoms with van der Waals surface area (Å²) in [5.41, 5.74) is -0.703. The molecule has 2 rings (SSSR count). The molecule has 1 atom stereocenters. The second kappa shape index (κ2) is 3.68. The van der Waals surface area contributed by atoms with E-state index in [1.54, 1.807) is 4.90 Å². The van der Waals surface area contributed by atoms with E-state index in [0.29, 0.717) is 25.3 Å². The van der Waals surface area contributed by atoms with Crippen molar-refractivity contribution < 1.29 is 14.7 Å². The minimum atomic E-state index is -0.703. The first-order chi connectivity index (χ1) is 7.04. The number of carbonyl (C=O) groups is 2. The van der Waals surface area contributed by atoms with Crippen LogP contribution in [0.25, 0.3) is 0 Å². The Bertz CT molecular complexity index is 302. The highest BCUT2D eigenvalue weighted by molar-refractivity contribution is 8.14. The van der Waals surface area contributed by atoms with E-state index < -0.39 is 11.6 Å². The van der Waals surface area contributed by atoms with E-state index in [1.807, 2.05) is 6.92 Å². The second-order valence-electron chi connectivity index (χ2n) is 4.07. The van der Waals surface area contributed by atoms with Crippen LogP contribution >= 0.6 is 11.8 Å². The molecule has 2 fully saturated rings. The van der Waals surface area contributed by atoms with Crippen molar-refractivity contribution in [1.29, 1.82) is 0 Å². The van der Waals surface area contributed by atoms with Crippen molar-refractivity contribution in [1.82, 2.24) is 10.2 Å². The van der Waals surface area contributed by atoms with Crippen molar-refractivity contribution in [2.45, 2.75) is 25.0 Å². The van der Waals surface area contributed by atoms with Crippen LogP contribution in [0.15, 0.2) is 0 Å². The van der Waals surface area contributed by atoms with Gasteiger partial charge in [0, 0.05) is 5.75 Å². The molecule has 2 heterocycles. The summed E-state index contributed by atoms with van der Waals surface area (Å²) in [6.45, 7) is 2.67. The van der Waals surface area contributed by atoms with Crippen LogP contribution in [-0.2, 0) is 4.79 Å². The Morgan fingerprint density at radius 3 is 2.87 bits per heavy atom. The first-order valence-electron chi connectivity index (χ1n) is 4.98. The van der Waals surface area contributed by atoms with Gasteiger partial charge in [0.15, 0.2) is 0 Å². The van der Waals surface area contributed by atoms with E-state index in [9.17, 15) is 14.7 Å². The van der Waals surface area contributed by atoms with Gasteiger partial charge in [-0.15, -0.1) is 0 Å². The quantitative estimate of drug-likeness (QED) is 0.689. The van der Waals surface area contributed by atoms with Crippen LogP contribution in [0.1, 0.15) is 13.3 Å². The van der Waals surface area contributed by atoms with E-state index in [0.717, 1.165) is 11.8 Å². The van der Waals surface area contributed by atoms with Crippen molar-refractivity contribution in [2.24, 2.45) is 0 Å². The molecule has 0 saturated carbocycles. The zero-order chi connectivity index (χ0) is 11.1. The third kappa shape index (κ3) is 1.96. The summed E-state index contributed by atoms with van der Waals surface area (Å²) in [6.07, 6.45) is 0.655. The smallest absolute Gasteiger partial charge is 0.279 e. The van der Waals surface area contributed by atoms with Crippen LogP contribution in [0.4, 0.5) is 4.79 Å². The largest absolute Gasteiger partial charge is 0.386 e. The highest BCUT2D eigenvalue weighted by Crippen LogP contribution is 2.26. The van der Waals surface area contributed by atoms with E-state index in [-0.39, 0.29) is 11.1 Å². The molecule has 2 aliphatic heterocycles. The number of rotatable bonds is 2. The molecule has 0 aliphatic carbocycles. The van der Waals surface area contributed by atoms with Gasteiger partial charge in [0.05, 0.1) is 18.7 Å². The van der Waals surface area contributed by atoms with Gasteiger partial charge in [-0.2, -0.15) is 0 Å². The number of β-amino-alcohol motifs (C(OH)–C–C–N with tert-alkyl or cyclic N) is 1. The lowest BCUT2D eigenvalue weighted by molar-refractivity contribution is -0.156. The Labute approximate surface area is 92.2 Å². The van der Waals surface area contributed by atoms with Crippen LogP contribution in [-0.4, -0.2) is 51.6 Å².